The van der Waals surface area contributed by atoms with Gasteiger partial charge < -0.3 is 14.5 Å². The van der Waals surface area contributed by atoms with Gasteiger partial charge in [0.05, 0.1) is 30.7 Å². The zero-order chi connectivity index (χ0) is 26.6. The number of halogens is 1. The molecule has 0 unspecified atom stereocenters. The normalized spacial score (nSPS) is 19.3. The lowest BCUT2D eigenvalue weighted by Crippen LogP contribution is -2.48. The number of methoxy groups -OCH3 is 1. The van der Waals surface area contributed by atoms with Crippen molar-refractivity contribution >= 4 is 28.3 Å². The van der Waals surface area contributed by atoms with Gasteiger partial charge in [-0.2, -0.15) is 10.6 Å². The van der Waals surface area contributed by atoms with Gasteiger partial charge in [0, 0.05) is 57.1 Å². The van der Waals surface area contributed by atoms with Gasteiger partial charge in [-0.1, -0.05) is 18.2 Å². The summed E-state index contributed by atoms with van der Waals surface area (Å²) >= 11 is 0. The number of urea groups is 1. The Morgan fingerprint density at radius 3 is 2.24 bits per heavy atom. The SMILES string of the molecule is COC(=O)c1ccc(CN(C(=O)N2CCS(O)(O)CC2)c2ccc(CN3CCN(C)CC3)cc2)c(F)c1. The first kappa shape index (κ1) is 27.3. The highest BCUT2D eigenvalue weighted by molar-refractivity contribution is 8.24. The molecule has 0 atom stereocenters. The number of nitrogens with zero attached hydrogens (tertiary/aromatic N) is 4. The minimum Gasteiger partial charge on any atom is -0.465 e. The lowest BCUT2D eigenvalue weighted by molar-refractivity contribution is 0.0600. The van der Waals surface area contributed by atoms with Gasteiger partial charge in [-0.15, -0.1) is 0 Å². The van der Waals surface area contributed by atoms with E-state index in [0.717, 1.165) is 44.4 Å². The number of carbonyl (C=O) groups is 2. The first-order valence-corrected chi connectivity index (χ1v) is 14.2. The van der Waals surface area contributed by atoms with Crippen LogP contribution < -0.4 is 4.90 Å². The maximum Gasteiger partial charge on any atom is 0.337 e. The third-order valence-corrected chi connectivity index (χ3v) is 8.60. The molecule has 2 aromatic rings. The number of carbonyl (C=O) groups excluding carboxylic acids is 2. The highest BCUT2D eigenvalue weighted by Gasteiger charge is 2.30. The molecule has 2 fully saturated rings. The van der Waals surface area contributed by atoms with Crippen molar-refractivity contribution in [3.05, 3.63) is 65.0 Å². The van der Waals surface area contributed by atoms with E-state index < -0.39 is 22.4 Å². The second-order valence-electron chi connectivity index (χ2n) is 9.61. The highest BCUT2D eigenvalue weighted by Crippen LogP contribution is 2.40. The molecule has 2 heterocycles. The van der Waals surface area contributed by atoms with Gasteiger partial charge in [-0.05, 0) is 36.9 Å². The van der Waals surface area contributed by atoms with Gasteiger partial charge in [-0.25, -0.2) is 14.0 Å². The number of hydrogen-bond donors (Lipinski definition) is 2. The van der Waals surface area contributed by atoms with Gasteiger partial charge in [0.25, 0.3) is 0 Å². The smallest absolute Gasteiger partial charge is 0.337 e. The summed E-state index contributed by atoms with van der Waals surface area (Å²) in [6.45, 7) is 5.25. The van der Waals surface area contributed by atoms with E-state index in [1.165, 1.54) is 24.1 Å². The second-order valence-corrected chi connectivity index (χ2v) is 12.0. The van der Waals surface area contributed by atoms with E-state index in [-0.39, 0.29) is 48.3 Å². The number of rotatable bonds is 6. The molecule has 2 amide bonds. The number of hydrogen-bond acceptors (Lipinski definition) is 7. The summed E-state index contributed by atoms with van der Waals surface area (Å²) in [4.78, 5) is 33.1. The van der Waals surface area contributed by atoms with Crippen molar-refractivity contribution in [1.29, 1.82) is 0 Å². The van der Waals surface area contributed by atoms with Crippen molar-refractivity contribution in [3.8, 4) is 0 Å². The third-order valence-electron chi connectivity index (χ3n) is 6.93. The van der Waals surface area contributed by atoms with Gasteiger partial charge in [0.15, 0.2) is 0 Å². The number of esters is 1. The predicted octanol–water partition coefficient (Wildman–Crippen LogP) is 3.55. The molecule has 0 saturated carbocycles. The lowest BCUT2D eigenvalue weighted by atomic mass is 10.1. The Morgan fingerprint density at radius 1 is 1.00 bits per heavy atom. The van der Waals surface area contributed by atoms with Crippen molar-refractivity contribution in [3.63, 3.8) is 0 Å². The lowest BCUT2D eigenvalue weighted by Gasteiger charge is -2.42. The molecule has 0 aromatic heterocycles. The highest BCUT2D eigenvalue weighted by atomic mass is 32.3. The van der Waals surface area contributed by atoms with E-state index in [1.54, 1.807) is 4.90 Å². The molecule has 0 radical (unpaired) electrons. The standard InChI is InChI=1S/C26H35FN4O5S/c1-28-9-11-29(12-10-28)18-20-3-7-23(8-4-20)31(26(33)30-13-15-37(34,35)16-14-30)19-22-6-5-21(17-24(22)27)25(32)36-2/h3-8,17,34-35H,9-16,18-19H2,1-2H3. The number of ether oxygens (including phenoxy) is 1. The molecule has 202 valence electrons. The molecule has 2 N–H and O–H groups in total. The summed E-state index contributed by atoms with van der Waals surface area (Å²) in [7, 11) is 0.683. The minimum atomic E-state index is -2.67. The van der Waals surface area contributed by atoms with Crippen LogP contribution in [0.1, 0.15) is 21.5 Å². The molecule has 4 rings (SSSR count). The van der Waals surface area contributed by atoms with Crippen LogP contribution in [0.2, 0.25) is 0 Å². The first-order chi connectivity index (χ1) is 17.6. The molecular weight excluding hydrogens is 499 g/mol. The zero-order valence-electron chi connectivity index (χ0n) is 21.3. The van der Waals surface area contributed by atoms with E-state index >= 15 is 0 Å². The number of piperazine rings is 1. The molecule has 9 nitrogen and oxygen atoms in total. The number of benzene rings is 2. The molecular formula is C26H35FN4O5S. The van der Waals surface area contributed by atoms with Crippen LogP contribution in [0.3, 0.4) is 0 Å². The first-order valence-electron chi connectivity index (χ1n) is 12.3. The molecule has 37 heavy (non-hydrogen) atoms. The quantitative estimate of drug-likeness (QED) is 0.547. The number of amides is 2. The van der Waals surface area contributed by atoms with Crippen LogP contribution in [-0.2, 0) is 17.8 Å². The Balaban J connectivity index is 1.54. The van der Waals surface area contributed by atoms with Gasteiger partial charge in [-0.3, -0.25) is 18.9 Å². The number of anilines is 1. The van der Waals surface area contributed by atoms with Crippen molar-refractivity contribution < 1.29 is 27.8 Å². The molecule has 2 aliphatic rings. The summed E-state index contributed by atoms with van der Waals surface area (Å²) in [5.41, 5.74) is 2.09. The summed E-state index contributed by atoms with van der Waals surface area (Å²) in [6, 6.07) is 11.4. The fraction of sp³-hybridized carbons (Fsp3) is 0.462. The topological polar surface area (TPSA) is 96.8 Å². The summed E-state index contributed by atoms with van der Waals surface area (Å²) in [5, 5.41) is 0. The average Bonchev–Trinajstić information content (AvgIpc) is 2.89. The minimum absolute atomic E-state index is 0.0450. The molecule has 0 bridgehead atoms. The molecule has 0 aliphatic carbocycles. The van der Waals surface area contributed by atoms with E-state index in [2.05, 4.69) is 21.6 Å². The van der Waals surface area contributed by atoms with Crippen LogP contribution in [0.25, 0.3) is 0 Å². The van der Waals surface area contributed by atoms with Gasteiger partial charge >= 0.3 is 12.0 Å². The van der Waals surface area contributed by atoms with Crippen LogP contribution in [0.15, 0.2) is 42.5 Å². The van der Waals surface area contributed by atoms with E-state index in [4.69, 9.17) is 0 Å². The van der Waals surface area contributed by atoms with Crippen molar-refractivity contribution in [2.45, 2.75) is 13.1 Å². The van der Waals surface area contributed by atoms with Crippen LogP contribution in [0.5, 0.6) is 0 Å². The molecule has 2 aromatic carbocycles. The largest absolute Gasteiger partial charge is 0.465 e. The number of likely N-dealkylation sites (N-methyl/N-ethyl adjacent to an activating group) is 1. The Hall–Kier alpha value is -2.70. The fourth-order valence-electron chi connectivity index (χ4n) is 4.49. The van der Waals surface area contributed by atoms with Crippen LogP contribution in [0.4, 0.5) is 14.9 Å². The molecule has 2 aliphatic heterocycles. The Morgan fingerprint density at radius 2 is 1.65 bits per heavy atom. The Kier molecular flexibility index (Phi) is 8.71. The van der Waals surface area contributed by atoms with Gasteiger partial charge in [0.1, 0.15) is 5.82 Å². The summed E-state index contributed by atoms with van der Waals surface area (Å²) in [6.07, 6.45) is 0. The second kappa shape index (κ2) is 11.8. The van der Waals surface area contributed by atoms with Crippen LogP contribution in [0, 0.1) is 5.82 Å². The molecule has 2 saturated heterocycles. The maximum atomic E-state index is 15.0. The predicted molar refractivity (Wildman–Crippen MR) is 143 cm³/mol. The third kappa shape index (κ3) is 6.99. The van der Waals surface area contributed by atoms with Crippen LogP contribution in [-0.4, -0.2) is 101 Å². The monoisotopic (exact) mass is 534 g/mol. The summed E-state index contributed by atoms with van der Waals surface area (Å²) < 4.78 is 39.5. The van der Waals surface area contributed by atoms with E-state index in [0.29, 0.717) is 5.69 Å². The van der Waals surface area contributed by atoms with E-state index in [1.807, 2.05) is 24.3 Å². The Labute approximate surface area is 218 Å². The average molecular weight is 535 g/mol. The van der Waals surface area contributed by atoms with Crippen molar-refractivity contribution in [2.75, 3.05) is 69.8 Å². The van der Waals surface area contributed by atoms with E-state index in [9.17, 15) is 23.1 Å². The molecule has 11 heteroatoms. The maximum absolute atomic E-state index is 15.0. The van der Waals surface area contributed by atoms with Gasteiger partial charge in [0.2, 0.25) is 0 Å². The Bertz CT molecular complexity index is 1100. The van der Waals surface area contributed by atoms with Crippen LogP contribution >= 0.6 is 10.6 Å². The fourth-order valence-corrected chi connectivity index (χ4v) is 5.72. The van der Waals surface area contributed by atoms with Crippen molar-refractivity contribution in [1.82, 2.24) is 14.7 Å². The summed E-state index contributed by atoms with van der Waals surface area (Å²) in [5.74, 6) is -1.00. The molecule has 0 spiro atoms. The zero-order valence-corrected chi connectivity index (χ0v) is 22.1. The van der Waals surface area contributed by atoms with Crippen molar-refractivity contribution in [2.24, 2.45) is 0 Å².